The zero-order valence-corrected chi connectivity index (χ0v) is 7.11. The molecule has 0 aliphatic heterocycles. The summed E-state index contributed by atoms with van der Waals surface area (Å²) in [6.45, 7) is 2.36. The zero-order chi connectivity index (χ0) is 5.11. The highest BCUT2D eigenvalue weighted by atomic mass is 14.1. The Balaban J connectivity index is 0. The summed E-state index contributed by atoms with van der Waals surface area (Å²) in [5.41, 5.74) is 0. The van der Waals surface area contributed by atoms with Gasteiger partial charge in [-0.1, -0.05) is 53.9 Å². The predicted octanol–water partition coefficient (Wildman–Crippen LogP) is 3.49. The van der Waals surface area contributed by atoms with Crippen molar-refractivity contribution in [2.75, 3.05) is 0 Å². The molecule has 1 saturated carbocycles. The highest BCUT2D eigenvalue weighted by Gasteiger charge is 2.05. The maximum absolute atomic E-state index is 2.36. The van der Waals surface area contributed by atoms with Gasteiger partial charge in [0.25, 0.3) is 0 Å². The van der Waals surface area contributed by atoms with E-state index in [2.05, 4.69) is 6.92 Å². The van der Waals surface area contributed by atoms with Gasteiger partial charge in [0.05, 0.1) is 0 Å². The number of hydrogen-bond donors (Lipinski definition) is 0. The van der Waals surface area contributed by atoms with E-state index >= 15 is 0 Å². The van der Waals surface area contributed by atoms with Crippen LogP contribution in [0.4, 0.5) is 0 Å². The Hall–Kier alpha value is 0. The van der Waals surface area contributed by atoms with Crippen molar-refractivity contribution in [1.29, 1.82) is 0 Å². The lowest BCUT2D eigenvalue weighted by Crippen LogP contribution is -1.99. The molecule has 1 aliphatic carbocycles. The number of hydrogen-bond acceptors (Lipinski definition) is 0. The van der Waals surface area contributed by atoms with Crippen LogP contribution in [0.1, 0.15) is 39.0 Å². The normalized spacial score (nSPS) is 19.7. The average molecular weight is 128 g/mol. The molecule has 0 heterocycles. The topological polar surface area (TPSA) is 0 Å². The van der Waals surface area contributed by atoms with E-state index < -0.39 is 0 Å². The smallest absolute Gasteiger partial charge is 0.0443 e. The summed E-state index contributed by atoms with van der Waals surface area (Å²) in [6, 6.07) is 0. The fourth-order valence-electron chi connectivity index (χ4n) is 1.31. The Kier molecular flexibility index (Phi) is 8.00. The van der Waals surface area contributed by atoms with Crippen molar-refractivity contribution in [3.05, 3.63) is 14.9 Å². The molecule has 0 bridgehead atoms. The summed E-state index contributed by atoms with van der Waals surface area (Å²) >= 11 is 0. The summed E-state index contributed by atoms with van der Waals surface area (Å²) in [5.74, 6) is 1.04. The molecule has 0 atom stereocenters. The van der Waals surface area contributed by atoms with E-state index in [1.165, 1.54) is 32.1 Å². The van der Waals surface area contributed by atoms with E-state index in [0.717, 1.165) is 5.92 Å². The van der Waals surface area contributed by atoms with Gasteiger partial charge in [-0.15, -0.1) is 0 Å². The summed E-state index contributed by atoms with van der Waals surface area (Å²) < 4.78 is 0. The quantitative estimate of drug-likeness (QED) is 0.468. The predicted molar refractivity (Wildman–Crippen MR) is 45.1 cm³/mol. The molecular formula is C9H20. The van der Waals surface area contributed by atoms with E-state index in [-0.39, 0.29) is 14.9 Å². The minimum Gasteiger partial charge on any atom is -0.0683 e. The zero-order valence-electron chi connectivity index (χ0n) is 7.11. The van der Waals surface area contributed by atoms with Crippen molar-refractivity contribution in [1.82, 2.24) is 0 Å². The maximum Gasteiger partial charge on any atom is -0.0443 e. The third-order valence-electron chi connectivity index (χ3n) is 1.89. The molecule has 1 fully saturated rings. The van der Waals surface area contributed by atoms with E-state index in [0.29, 0.717) is 0 Å². The van der Waals surface area contributed by atoms with Crippen LogP contribution in [-0.2, 0) is 0 Å². The third kappa shape index (κ3) is 4.50. The Morgan fingerprint density at radius 3 is 1.56 bits per heavy atom. The summed E-state index contributed by atoms with van der Waals surface area (Å²) in [4.78, 5) is 0. The Morgan fingerprint density at radius 1 is 0.889 bits per heavy atom. The van der Waals surface area contributed by atoms with Gasteiger partial charge < -0.3 is 0 Å². The molecule has 0 heteroatoms. The molecule has 0 aromatic heterocycles. The Labute approximate surface area is 60.7 Å². The van der Waals surface area contributed by atoms with Crippen LogP contribution < -0.4 is 0 Å². The van der Waals surface area contributed by atoms with Gasteiger partial charge >= 0.3 is 0 Å². The molecule has 0 saturated heterocycles. The van der Waals surface area contributed by atoms with Crippen molar-refractivity contribution in [3.8, 4) is 0 Å². The van der Waals surface area contributed by atoms with Gasteiger partial charge in [-0.3, -0.25) is 0 Å². The first-order chi connectivity index (χ1) is 3.39. The summed E-state index contributed by atoms with van der Waals surface area (Å²) in [5, 5.41) is 0. The first-order valence-corrected chi connectivity index (χ1v) is 3.39. The number of rotatable bonds is 0. The van der Waals surface area contributed by atoms with E-state index in [4.69, 9.17) is 0 Å². The average Bonchev–Trinajstić information content (AvgIpc) is 1.69. The van der Waals surface area contributed by atoms with E-state index in [9.17, 15) is 0 Å². The highest BCUT2D eigenvalue weighted by Crippen LogP contribution is 2.21. The molecule has 1 aliphatic rings. The van der Waals surface area contributed by atoms with Gasteiger partial charge in [-0.05, 0) is 5.92 Å². The van der Waals surface area contributed by atoms with Gasteiger partial charge in [0.1, 0.15) is 0 Å². The molecule has 1 rings (SSSR count). The van der Waals surface area contributed by atoms with Crippen molar-refractivity contribution in [3.63, 3.8) is 0 Å². The molecule has 0 nitrogen and oxygen atoms in total. The van der Waals surface area contributed by atoms with Crippen LogP contribution in [0, 0.1) is 20.8 Å². The van der Waals surface area contributed by atoms with Crippen LogP contribution in [-0.4, -0.2) is 0 Å². The second kappa shape index (κ2) is 6.12. The summed E-state index contributed by atoms with van der Waals surface area (Å²) in [7, 11) is 0. The van der Waals surface area contributed by atoms with Crippen molar-refractivity contribution in [2.24, 2.45) is 5.92 Å². The third-order valence-corrected chi connectivity index (χ3v) is 1.89. The van der Waals surface area contributed by atoms with Crippen molar-refractivity contribution >= 4 is 0 Å². The molecule has 0 amide bonds. The molecule has 0 aromatic carbocycles. The first kappa shape index (κ1) is 11.8. The van der Waals surface area contributed by atoms with E-state index in [1.807, 2.05) is 0 Å². The molecule has 9 heavy (non-hydrogen) atoms. The molecule has 0 spiro atoms. The molecular weight excluding hydrogens is 108 g/mol. The second-order valence-corrected chi connectivity index (χ2v) is 2.74. The van der Waals surface area contributed by atoms with Gasteiger partial charge in [-0.2, -0.15) is 0 Å². The Morgan fingerprint density at radius 2 is 1.33 bits per heavy atom. The largest absolute Gasteiger partial charge is 0.0683 e. The van der Waals surface area contributed by atoms with Crippen LogP contribution in [0.25, 0.3) is 0 Å². The lowest BCUT2D eigenvalue weighted by molar-refractivity contribution is 0.385. The maximum atomic E-state index is 2.36. The first-order valence-electron chi connectivity index (χ1n) is 3.39. The lowest BCUT2D eigenvalue weighted by atomic mass is 9.91. The van der Waals surface area contributed by atoms with Gasteiger partial charge in [0.15, 0.2) is 0 Å². The van der Waals surface area contributed by atoms with Crippen LogP contribution in [0.2, 0.25) is 0 Å². The fraction of sp³-hybridized carbons (Fsp3) is 0.778. The molecule has 0 unspecified atom stereocenters. The Bertz CT molecular complexity index is 42.0. The molecule has 2 radical (unpaired) electrons. The van der Waals surface area contributed by atoms with E-state index in [1.54, 1.807) is 0 Å². The van der Waals surface area contributed by atoms with Crippen LogP contribution in [0.3, 0.4) is 0 Å². The second-order valence-electron chi connectivity index (χ2n) is 2.74. The van der Waals surface area contributed by atoms with Gasteiger partial charge in [0, 0.05) is 0 Å². The minimum atomic E-state index is 0. The summed E-state index contributed by atoms with van der Waals surface area (Å²) in [6.07, 6.45) is 7.44. The van der Waals surface area contributed by atoms with Gasteiger partial charge in [0.2, 0.25) is 0 Å². The van der Waals surface area contributed by atoms with Crippen LogP contribution in [0.5, 0.6) is 0 Å². The minimum absolute atomic E-state index is 0. The standard InChI is InChI=1S/C7H14.2CH3/c1-7-5-3-2-4-6-7;;/h7H,2-6H2,1H3;2*1H3. The highest BCUT2D eigenvalue weighted by molar-refractivity contribution is 4.59. The van der Waals surface area contributed by atoms with Gasteiger partial charge in [-0.25, -0.2) is 0 Å². The molecule has 0 aromatic rings. The fourth-order valence-corrected chi connectivity index (χ4v) is 1.31. The van der Waals surface area contributed by atoms with Crippen LogP contribution in [0.15, 0.2) is 0 Å². The monoisotopic (exact) mass is 128 g/mol. The molecule has 56 valence electrons. The van der Waals surface area contributed by atoms with Crippen LogP contribution >= 0.6 is 0 Å². The molecule has 0 N–H and O–H groups in total. The SMILES string of the molecule is CC1CCCCC1.[CH3].[CH3]. The lowest BCUT2D eigenvalue weighted by Gasteiger charge is -2.15. The van der Waals surface area contributed by atoms with Crippen molar-refractivity contribution in [2.45, 2.75) is 39.0 Å². The van der Waals surface area contributed by atoms with Crippen molar-refractivity contribution < 1.29 is 0 Å².